The molecule has 0 saturated carbocycles. The quantitative estimate of drug-likeness (QED) is 0.182. The van der Waals surface area contributed by atoms with Crippen molar-refractivity contribution in [2.45, 2.75) is 6.10 Å². The van der Waals surface area contributed by atoms with E-state index in [0.29, 0.717) is 21.8 Å². The lowest BCUT2D eigenvalue weighted by atomic mass is 9.99. The molecule has 5 rings (SSSR count). The van der Waals surface area contributed by atoms with Crippen molar-refractivity contribution in [3.63, 3.8) is 0 Å². The zero-order valence-electron chi connectivity index (χ0n) is 19.1. The predicted molar refractivity (Wildman–Crippen MR) is 139 cm³/mol. The normalized spacial score (nSPS) is 11.6. The van der Waals surface area contributed by atoms with Crippen LogP contribution in [0.2, 0.25) is 5.02 Å². The number of nitrogens with zero attached hydrogens (tertiary/aromatic N) is 2. The molecular weight excluding hydrogens is 472 g/mol. The Morgan fingerprint density at radius 2 is 1.33 bits per heavy atom. The minimum Gasteiger partial charge on any atom is -0.445 e. The van der Waals surface area contributed by atoms with Crippen molar-refractivity contribution in [3.05, 3.63) is 143 Å². The molecule has 0 unspecified atom stereocenters. The molecule has 1 aromatic heterocycles. The standard InChI is InChI=1S/C30H21ClN2O3/c31-24-18-16-23(17-19-24)29(28(34)22-12-6-2-7-13-22)36-30(35)26-20-33(25-14-8-3-9-15-25)32-27(26)21-10-4-1-5-11-21/h1-20,29H/t29-/m0/s1. The molecule has 0 spiro atoms. The van der Waals surface area contributed by atoms with E-state index in [9.17, 15) is 9.59 Å². The average molecular weight is 493 g/mol. The van der Waals surface area contributed by atoms with Crippen LogP contribution in [0.4, 0.5) is 0 Å². The topological polar surface area (TPSA) is 61.2 Å². The number of hydrogen-bond acceptors (Lipinski definition) is 4. The van der Waals surface area contributed by atoms with Gasteiger partial charge in [0.25, 0.3) is 0 Å². The van der Waals surface area contributed by atoms with E-state index >= 15 is 0 Å². The summed E-state index contributed by atoms with van der Waals surface area (Å²) in [6.07, 6.45) is 0.479. The fourth-order valence-electron chi connectivity index (χ4n) is 3.88. The zero-order valence-corrected chi connectivity index (χ0v) is 19.9. The van der Waals surface area contributed by atoms with Crippen molar-refractivity contribution in [2.75, 3.05) is 0 Å². The van der Waals surface area contributed by atoms with E-state index < -0.39 is 12.1 Å². The van der Waals surface area contributed by atoms with Gasteiger partial charge in [-0.2, -0.15) is 5.10 Å². The molecule has 0 amide bonds. The lowest BCUT2D eigenvalue weighted by Crippen LogP contribution is -2.20. The second-order valence-electron chi connectivity index (χ2n) is 8.10. The number of esters is 1. The maximum Gasteiger partial charge on any atom is 0.343 e. The van der Waals surface area contributed by atoms with E-state index in [2.05, 4.69) is 5.10 Å². The van der Waals surface area contributed by atoms with Crippen LogP contribution in [0.5, 0.6) is 0 Å². The van der Waals surface area contributed by atoms with E-state index in [1.54, 1.807) is 59.4 Å². The summed E-state index contributed by atoms with van der Waals surface area (Å²) in [6, 6.07) is 34.3. The molecule has 0 fully saturated rings. The minimum absolute atomic E-state index is 0.255. The van der Waals surface area contributed by atoms with Gasteiger partial charge in [0.15, 0.2) is 6.10 Å². The number of aromatic nitrogens is 2. The van der Waals surface area contributed by atoms with Crippen LogP contribution in [-0.2, 0) is 4.74 Å². The first-order valence-corrected chi connectivity index (χ1v) is 11.7. The first-order valence-electron chi connectivity index (χ1n) is 11.4. The van der Waals surface area contributed by atoms with Gasteiger partial charge >= 0.3 is 5.97 Å². The van der Waals surface area contributed by atoms with Gasteiger partial charge < -0.3 is 4.74 Å². The van der Waals surface area contributed by atoms with E-state index in [-0.39, 0.29) is 11.3 Å². The second-order valence-corrected chi connectivity index (χ2v) is 8.54. The van der Waals surface area contributed by atoms with Crippen LogP contribution in [0.3, 0.4) is 0 Å². The Labute approximate surface area is 213 Å². The summed E-state index contributed by atoms with van der Waals surface area (Å²) in [5.74, 6) is -0.983. The number of rotatable bonds is 7. The first-order chi connectivity index (χ1) is 17.6. The number of ether oxygens (including phenoxy) is 1. The van der Waals surface area contributed by atoms with Gasteiger partial charge in [-0.15, -0.1) is 0 Å². The summed E-state index contributed by atoms with van der Waals surface area (Å²) in [5, 5.41) is 5.20. The van der Waals surface area contributed by atoms with E-state index in [1.807, 2.05) is 66.7 Å². The second kappa shape index (κ2) is 10.4. The molecule has 5 nitrogen and oxygen atoms in total. The number of Topliss-reactive ketones (excluding diaryl/α,β-unsaturated/α-hetero) is 1. The molecule has 0 N–H and O–H groups in total. The predicted octanol–water partition coefficient (Wildman–Crippen LogP) is 6.97. The Morgan fingerprint density at radius 3 is 1.97 bits per heavy atom. The summed E-state index contributed by atoms with van der Waals surface area (Å²) in [5.41, 5.74) is 3.24. The Morgan fingerprint density at radius 1 is 0.750 bits per heavy atom. The first kappa shape index (κ1) is 23.3. The van der Waals surface area contributed by atoms with Crippen LogP contribution in [0.1, 0.15) is 32.4 Å². The molecule has 36 heavy (non-hydrogen) atoms. The molecule has 4 aromatic carbocycles. The van der Waals surface area contributed by atoms with Crippen LogP contribution < -0.4 is 0 Å². The maximum atomic E-state index is 13.6. The minimum atomic E-state index is -1.15. The molecule has 0 radical (unpaired) electrons. The number of benzene rings is 4. The molecule has 1 heterocycles. The summed E-state index contributed by atoms with van der Waals surface area (Å²) in [4.78, 5) is 27.1. The summed E-state index contributed by atoms with van der Waals surface area (Å²) >= 11 is 6.06. The zero-order chi connectivity index (χ0) is 24.9. The van der Waals surface area contributed by atoms with Crippen molar-refractivity contribution >= 4 is 23.4 Å². The molecule has 0 bridgehead atoms. The molecule has 0 aliphatic heterocycles. The monoisotopic (exact) mass is 492 g/mol. The van der Waals surface area contributed by atoms with Crippen LogP contribution >= 0.6 is 11.6 Å². The van der Waals surface area contributed by atoms with Crippen LogP contribution in [-0.4, -0.2) is 21.5 Å². The van der Waals surface area contributed by atoms with Gasteiger partial charge in [0.1, 0.15) is 11.3 Å². The van der Waals surface area contributed by atoms with Gasteiger partial charge in [0, 0.05) is 27.9 Å². The third-order valence-electron chi connectivity index (χ3n) is 5.70. The highest BCUT2D eigenvalue weighted by molar-refractivity contribution is 6.30. The van der Waals surface area contributed by atoms with E-state index in [4.69, 9.17) is 16.3 Å². The summed E-state index contributed by atoms with van der Waals surface area (Å²) in [7, 11) is 0. The molecule has 1 atom stereocenters. The summed E-state index contributed by atoms with van der Waals surface area (Å²) in [6.45, 7) is 0. The molecule has 176 valence electrons. The number of carbonyl (C=O) groups excluding carboxylic acids is 2. The maximum absolute atomic E-state index is 13.6. The molecule has 0 aliphatic carbocycles. The Hall–Kier alpha value is -4.48. The van der Waals surface area contributed by atoms with Crippen LogP contribution in [0, 0.1) is 0 Å². The number of hydrogen-bond donors (Lipinski definition) is 0. The highest BCUT2D eigenvalue weighted by Gasteiger charge is 2.29. The number of carbonyl (C=O) groups is 2. The van der Waals surface area contributed by atoms with Gasteiger partial charge in [-0.05, 0) is 24.3 Å². The van der Waals surface area contributed by atoms with Crippen molar-refractivity contribution in [2.24, 2.45) is 0 Å². The van der Waals surface area contributed by atoms with Crippen molar-refractivity contribution in [1.29, 1.82) is 0 Å². The third kappa shape index (κ3) is 4.97. The number of ketones is 1. The molecular formula is C30H21ClN2O3. The Balaban J connectivity index is 1.55. The van der Waals surface area contributed by atoms with Crippen LogP contribution in [0.15, 0.2) is 121 Å². The Bertz CT molecular complexity index is 1480. The van der Waals surface area contributed by atoms with E-state index in [0.717, 1.165) is 11.3 Å². The average Bonchev–Trinajstić information content (AvgIpc) is 3.39. The largest absolute Gasteiger partial charge is 0.445 e. The SMILES string of the molecule is O=C(O[C@H](C(=O)c1ccccc1)c1ccc(Cl)cc1)c1cn(-c2ccccc2)nc1-c1ccccc1. The fraction of sp³-hybridized carbons (Fsp3) is 0.0333. The lowest BCUT2D eigenvalue weighted by Gasteiger charge is -2.17. The number of para-hydroxylation sites is 1. The third-order valence-corrected chi connectivity index (χ3v) is 5.95. The molecule has 5 aromatic rings. The van der Waals surface area contributed by atoms with Gasteiger partial charge in [0.05, 0.1) is 5.69 Å². The fourth-order valence-corrected chi connectivity index (χ4v) is 4.01. The lowest BCUT2D eigenvalue weighted by molar-refractivity contribution is 0.0280. The van der Waals surface area contributed by atoms with Crippen molar-refractivity contribution in [3.8, 4) is 16.9 Å². The number of halogens is 1. The van der Waals surface area contributed by atoms with Gasteiger partial charge in [-0.1, -0.05) is 103 Å². The molecule has 0 saturated heterocycles. The van der Waals surface area contributed by atoms with Crippen molar-refractivity contribution < 1.29 is 14.3 Å². The van der Waals surface area contributed by atoms with Crippen LogP contribution in [0.25, 0.3) is 16.9 Å². The van der Waals surface area contributed by atoms with Crippen molar-refractivity contribution in [1.82, 2.24) is 9.78 Å². The van der Waals surface area contributed by atoms with Gasteiger partial charge in [-0.25, -0.2) is 9.48 Å². The smallest absolute Gasteiger partial charge is 0.343 e. The highest BCUT2D eigenvalue weighted by atomic mass is 35.5. The van der Waals surface area contributed by atoms with E-state index in [1.165, 1.54) is 0 Å². The van der Waals surface area contributed by atoms with Gasteiger partial charge in [-0.3, -0.25) is 4.79 Å². The Kier molecular flexibility index (Phi) is 6.74. The summed E-state index contributed by atoms with van der Waals surface area (Å²) < 4.78 is 7.54. The molecule has 6 heteroatoms. The molecule has 0 aliphatic rings. The van der Waals surface area contributed by atoms with Gasteiger partial charge in [0.2, 0.25) is 5.78 Å². The highest BCUT2D eigenvalue weighted by Crippen LogP contribution is 2.29.